The third kappa shape index (κ3) is 4.52. The van der Waals surface area contributed by atoms with Crippen LogP contribution >= 0.6 is 0 Å². The minimum absolute atomic E-state index is 0.132. The lowest BCUT2D eigenvalue weighted by molar-refractivity contribution is 0.0881. The zero-order valence-corrected chi connectivity index (χ0v) is 10.8. The molecule has 0 aliphatic carbocycles. The second-order valence-electron chi connectivity index (χ2n) is 4.64. The van der Waals surface area contributed by atoms with Gasteiger partial charge in [-0.3, -0.25) is 0 Å². The van der Waals surface area contributed by atoms with Gasteiger partial charge in [-0.1, -0.05) is 13.3 Å². The SMILES string of the molecule is CCCC1CC(NCCO)CN(C(=O)OC)C1. The number of hydrogen-bond acceptors (Lipinski definition) is 4. The molecule has 0 bridgehead atoms. The van der Waals surface area contributed by atoms with Crippen molar-refractivity contribution >= 4 is 6.09 Å². The average molecular weight is 244 g/mol. The number of rotatable bonds is 5. The van der Waals surface area contributed by atoms with Gasteiger partial charge in [0.15, 0.2) is 0 Å². The van der Waals surface area contributed by atoms with Gasteiger partial charge in [-0.25, -0.2) is 4.79 Å². The van der Waals surface area contributed by atoms with Crippen molar-refractivity contribution in [2.24, 2.45) is 5.92 Å². The number of aliphatic hydroxyl groups is 1. The van der Waals surface area contributed by atoms with Crippen molar-refractivity contribution in [3.63, 3.8) is 0 Å². The molecule has 1 heterocycles. The molecule has 17 heavy (non-hydrogen) atoms. The van der Waals surface area contributed by atoms with Crippen LogP contribution in [0.5, 0.6) is 0 Å². The van der Waals surface area contributed by atoms with Crippen molar-refractivity contribution in [1.82, 2.24) is 10.2 Å². The summed E-state index contributed by atoms with van der Waals surface area (Å²) in [6.45, 7) is 4.34. The zero-order chi connectivity index (χ0) is 12.7. The van der Waals surface area contributed by atoms with Crippen LogP contribution in [0.1, 0.15) is 26.2 Å². The van der Waals surface area contributed by atoms with Crippen LogP contribution in [0.4, 0.5) is 4.79 Å². The van der Waals surface area contributed by atoms with Gasteiger partial charge in [0.1, 0.15) is 0 Å². The fourth-order valence-corrected chi connectivity index (χ4v) is 2.52. The fraction of sp³-hybridized carbons (Fsp3) is 0.917. The van der Waals surface area contributed by atoms with Crippen LogP contribution in [0.2, 0.25) is 0 Å². The van der Waals surface area contributed by atoms with Crippen LogP contribution in [-0.4, -0.2) is 55.5 Å². The van der Waals surface area contributed by atoms with Crippen molar-refractivity contribution < 1.29 is 14.6 Å². The van der Waals surface area contributed by atoms with Crippen LogP contribution < -0.4 is 5.32 Å². The first-order valence-corrected chi connectivity index (χ1v) is 6.38. The number of aliphatic hydroxyl groups excluding tert-OH is 1. The Morgan fingerprint density at radius 1 is 1.53 bits per heavy atom. The quantitative estimate of drug-likeness (QED) is 0.752. The van der Waals surface area contributed by atoms with Gasteiger partial charge in [0.05, 0.1) is 13.7 Å². The van der Waals surface area contributed by atoms with E-state index < -0.39 is 0 Å². The molecule has 1 saturated heterocycles. The molecule has 5 nitrogen and oxygen atoms in total. The third-order valence-corrected chi connectivity index (χ3v) is 3.21. The molecule has 2 unspecified atom stereocenters. The number of carbonyl (C=O) groups excluding carboxylic acids is 1. The van der Waals surface area contributed by atoms with Crippen LogP contribution in [0.25, 0.3) is 0 Å². The second kappa shape index (κ2) is 7.50. The summed E-state index contributed by atoms with van der Waals surface area (Å²) < 4.78 is 4.78. The van der Waals surface area contributed by atoms with Crippen molar-refractivity contribution in [3.8, 4) is 0 Å². The number of piperidine rings is 1. The average Bonchev–Trinajstić information content (AvgIpc) is 2.35. The lowest BCUT2D eigenvalue weighted by Crippen LogP contribution is -2.51. The Morgan fingerprint density at radius 2 is 2.29 bits per heavy atom. The van der Waals surface area contributed by atoms with Gasteiger partial charge in [-0.05, 0) is 18.8 Å². The number of ether oxygens (including phenoxy) is 1. The van der Waals surface area contributed by atoms with E-state index in [1.165, 1.54) is 7.11 Å². The Morgan fingerprint density at radius 3 is 2.88 bits per heavy atom. The largest absolute Gasteiger partial charge is 0.453 e. The molecule has 0 spiro atoms. The van der Waals surface area contributed by atoms with E-state index in [4.69, 9.17) is 9.84 Å². The lowest BCUT2D eigenvalue weighted by Gasteiger charge is -2.37. The predicted molar refractivity (Wildman–Crippen MR) is 65.9 cm³/mol. The Bertz CT molecular complexity index is 236. The number of hydrogen-bond donors (Lipinski definition) is 2. The van der Waals surface area contributed by atoms with Crippen LogP contribution in [0, 0.1) is 5.92 Å². The number of amides is 1. The molecule has 2 atom stereocenters. The van der Waals surface area contributed by atoms with E-state index in [2.05, 4.69) is 12.2 Å². The van der Waals surface area contributed by atoms with Gasteiger partial charge in [-0.15, -0.1) is 0 Å². The van der Waals surface area contributed by atoms with Gasteiger partial charge in [0, 0.05) is 25.7 Å². The highest BCUT2D eigenvalue weighted by Gasteiger charge is 2.29. The van der Waals surface area contributed by atoms with Crippen LogP contribution in [-0.2, 0) is 4.74 Å². The highest BCUT2D eigenvalue weighted by molar-refractivity contribution is 5.67. The molecule has 0 aromatic carbocycles. The summed E-state index contributed by atoms with van der Waals surface area (Å²) in [5.74, 6) is 0.532. The van der Waals surface area contributed by atoms with E-state index in [1.54, 1.807) is 4.90 Å². The highest BCUT2D eigenvalue weighted by atomic mass is 16.5. The zero-order valence-electron chi connectivity index (χ0n) is 10.8. The molecule has 0 saturated carbocycles. The molecule has 0 radical (unpaired) electrons. The topological polar surface area (TPSA) is 61.8 Å². The normalized spacial score (nSPS) is 24.8. The standard InChI is InChI=1S/C12H24N2O3/c1-3-4-10-7-11(13-5-6-15)9-14(8-10)12(16)17-2/h10-11,13,15H,3-9H2,1-2H3. The van der Waals surface area contributed by atoms with Crippen molar-refractivity contribution in [2.45, 2.75) is 32.2 Å². The molecule has 1 rings (SSSR count). The summed E-state index contributed by atoms with van der Waals surface area (Å²) in [6, 6.07) is 0.270. The van der Waals surface area contributed by atoms with Gasteiger partial charge >= 0.3 is 6.09 Å². The number of carbonyl (C=O) groups is 1. The monoisotopic (exact) mass is 244 g/mol. The van der Waals surface area contributed by atoms with E-state index in [1.807, 2.05) is 0 Å². The minimum Gasteiger partial charge on any atom is -0.453 e. The summed E-state index contributed by atoms with van der Waals surface area (Å²) in [5.41, 5.74) is 0. The van der Waals surface area contributed by atoms with E-state index >= 15 is 0 Å². The first-order chi connectivity index (χ1) is 8.21. The summed E-state index contributed by atoms with van der Waals surface area (Å²) in [6.07, 6.45) is 3.08. The molecule has 100 valence electrons. The van der Waals surface area contributed by atoms with E-state index in [9.17, 15) is 4.79 Å². The number of nitrogens with zero attached hydrogens (tertiary/aromatic N) is 1. The molecule has 0 aromatic heterocycles. The van der Waals surface area contributed by atoms with Gasteiger partial charge in [-0.2, -0.15) is 0 Å². The molecular formula is C12H24N2O3. The summed E-state index contributed by atoms with van der Waals surface area (Å²) >= 11 is 0. The summed E-state index contributed by atoms with van der Waals surface area (Å²) in [5, 5.41) is 12.1. The summed E-state index contributed by atoms with van der Waals surface area (Å²) in [7, 11) is 1.42. The predicted octanol–water partition coefficient (Wildman–Crippen LogP) is 0.825. The van der Waals surface area contributed by atoms with Gasteiger partial charge in [0.2, 0.25) is 0 Å². The first kappa shape index (κ1) is 14.3. The van der Waals surface area contributed by atoms with E-state index in [0.717, 1.165) is 25.8 Å². The molecule has 1 amide bonds. The van der Waals surface area contributed by atoms with E-state index in [-0.39, 0.29) is 18.7 Å². The number of likely N-dealkylation sites (tertiary alicyclic amines) is 1. The highest BCUT2D eigenvalue weighted by Crippen LogP contribution is 2.21. The maximum absolute atomic E-state index is 11.6. The minimum atomic E-state index is -0.249. The third-order valence-electron chi connectivity index (χ3n) is 3.21. The Hall–Kier alpha value is -0.810. The maximum Gasteiger partial charge on any atom is 0.409 e. The Kier molecular flexibility index (Phi) is 6.29. The van der Waals surface area contributed by atoms with Gasteiger partial charge in [0.25, 0.3) is 0 Å². The molecule has 1 aliphatic heterocycles. The van der Waals surface area contributed by atoms with Gasteiger partial charge < -0.3 is 20.1 Å². The molecule has 5 heteroatoms. The molecule has 1 aliphatic rings. The maximum atomic E-state index is 11.6. The summed E-state index contributed by atoms with van der Waals surface area (Å²) in [4.78, 5) is 13.3. The van der Waals surface area contributed by atoms with E-state index in [0.29, 0.717) is 19.0 Å². The molecule has 2 N–H and O–H groups in total. The van der Waals surface area contributed by atoms with Crippen LogP contribution in [0.3, 0.4) is 0 Å². The van der Waals surface area contributed by atoms with Crippen LogP contribution in [0.15, 0.2) is 0 Å². The smallest absolute Gasteiger partial charge is 0.409 e. The van der Waals surface area contributed by atoms with Crippen molar-refractivity contribution in [2.75, 3.05) is 33.4 Å². The Balaban J connectivity index is 2.52. The van der Waals surface area contributed by atoms with Crippen molar-refractivity contribution in [3.05, 3.63) is 0 Å². The fourth-order valence-electron chi connectivity index (χ4n) is 2.52. The number of methoxy groups -OCH3 is 1. The molecule has 1 fully saturated rings. The lowest BCUT2D eigenvalue weighted by atomic mass is 9.91. The van der Waals surface area contributed by atoms with Crippen molar-refractivity contribution in [1.29, 1.82) is 0 Å². The second-order valence-corrected chi connectivity index (χ2v) is 4.64. The molecule has 0 aromatic rings. The first-order valence-electron chi connectivity index (χ1n) is 6.38. The number of nitrogens with one attached hydrogen (secondary N) is 1. The Labute approximate surface area is 103 Å². The molecular weight excluding hydrogens is 220 g/mol.